The van der Waals surface area contributed by atoms with Crippen LogP contribution in [0.15, 0.2) is 29.2 Å². The molecule has 2 rings (SSSR count). The predicted octanol–water partition coefficient (Wildman–Crippen LogP) is 1.87. The molecule has 0 aliphatic heterocycles. The number of likely N-dealkylation sites (N-methyl/N-ethyl adjacent to an activating group) is 1. The molecular weight excluding hydrogens is 272 g/mol. The van der Waals surface area contributed by atoms with Gasteiger partial charge in [0.05, 0.1) is 4.90 Å². The Morgan fingerprint density at radius 1 is 1.25 bits per heavy atom. The lowest BCUT2D eigenvalue weighted by Crippen LogP contribution is -2.32. The molecule has 0 radical (unpaired) electrons. The minimum Gasteiger partial charge on any atom is -0.314 e. The van der Waals surface area contributed by atoms with E-state index in [-0.39, 0.29) is 0 Å². The molecule has 1 fully saturated rings. The smallest absolute Gasteiger partial charge is 0.242 e. The molecular formula is C15H24N2O2S. The van der Waals surface area contributed by atoms with Crippen LogP contribution in [0.2, 0.25) is 0 Å². The molecule has 1 aliphatic carbocycles. The van der Waals surface area contributed by atoms with Gasteiger partial charge in [0.15, 0.2) is 0 Å². The van der Waals surface area contributed by atoms with Crippen LogP contribution in [0.3, 0.4) is 0 Å². The molecule has 1 N–H and O–H groups in total. The van der Waals surface area contributed by atoms with E-state index in [1.807, 2.05) is 12.1 Å². The van der Waals surface area contributed by atoms with Crippen molar-refractivity contribution < 1.29 is 8.42 Å². The van der Waals surface area contributed by atoms with Gasteiger partial charge in [-0.1, -0.05) is 19.1 Å². The quantitative estimate of drug-likeness (QED) is 0.835. The van der Waals surface area contributed by atoms with E-state index in [0.717, 1.165) is 18.9 Å². The van der Waals surface area contributed by atoms with Gasteiger partial charge in [0, 0.05) is 20.1 Å². The van der Waals surface area contributed by atoms with Gasteiger partial charge < -0.3 is 5.32 Å². The van der Waals surface area contributed by atoms with E-state index in [1.54, 1.807) is 26.2 Å². The number of hydrogen-bond acceptors (Lipinski definition) is 3. The molecule has 0 heterocycles. The fourth-order valence-electron chi connectivity index (χ4n) is 2.43. The minimum atomic E-state index is -3.32. The molecule has 20 heavy (non-hydrogen) atoms. The van der Waals surface area contributed by atoms with E-state index in [9.17, 15) is 8.42 Å². The second kappa shape index (κ2) is 6.24. The second-order valence-corrected chi connectivity index (χ2v) is 7.79. The van der Waals surface area contributed by atoms with Crippen molar-refractivity contribution in [1.82, 2.24) is 9.62 Å². The third-order valence-electron chi connectivity index (χ3n) is 3.81. The van der Waals surface area contributed by atoms with E-state index in [4.69, 9.17) is 0 Å². The largest absolute Gasteiger partial charge is 0.314 e. The number of nitrogens with zero attached hydrogens (tertiary/aromatic N) is 1. The number of rotatable bonds is 7. The molecule has 112 valence electrons. The van der Waals surface area contributed by atoms with Crippen molar-refractivity contribution in [2.24, 2.45) is 5.92 Å². The molecule has 1 aromatic carbocycles. The summed E-state index contributed by atoms with van der Waals surface area (Å²) in [5.41, 5.74) is 1.19. The first-order valence-electron chi connectivity index (χ1n) is 7.20. The van der Waals surface area contributed by atoms with Gasteiger partial charge in [0.1, 0.15) is 0 Å². The lowest BCUT2D eigenvalue weighted by Gasteiger charge is -2.17. The van der Waals surface area contributed by atoms with Crippen LogP contribution in [0.25, 0.3) is 0 Å². The fourth-order valence-corrected chi connectivity index (χ4v) is 3.33. The molecule has 1 unspecified atom stereocenters. The van der Waals surface area contributed by atoms with E-state index in [0.29, 0.717) is 10.9 Å². The maximum Gasteiger partial charge on any atom is 0.242 e. The van der Waals surface area contributed by atoms with Crippen molar-refractivity contribution in [3.8, 4) is 0 Å². The maximum atomic E-state index is 12.0. The first-order chi connectivity index (χ1) is 9.45. The Bertz CT molecular complexity index is 533. The molecule has 0 aromatic heterocycles. The molecule has 0 amide bonds. The Labute approximate surface area is 122 Å². The van der Waals surface area contributed by atoms with Crippen molar-refractivity contribution in [2.75, 3.05) is 20.6 Å². The van der Waals surface area contributed by atoms with Crippen molar-refractivity contribution in [1.29, 1.82) is 0 Å². The van der Waals surface area contributed by atoms with Crippen LogP contribution in [0.4, 0.5) is 0 Å². The Balaban J connectivity index is 2.08. The van der Waals surface area contributed by atoms with E-state index in [1.165, 1.54) is 22.7 Å². The molecule has 1 saturated carbocycles. The summed E-state index contributed by atoms with van der Waals surface area (Å²) in [6, 6.07) is 7.81. The SMILES string of the molecule is CCNC(Cc1ccc(S(=O)(=O)N(C)C)cc1)C1CC1. The summed E-state index contributed by atoms with van der Waals surface area (Å²) in [5, 5.41) is 3.53. The first kappa shape index (κ1) is 15.5. The Hall–Kier alpha value is -0.910. The molecule has 0 bridgehead atoms. The van der Waals surface area contributed by atoms with Gasteiger partial charge in [-0.05, 0) is 49.4 Å². The summed E-state index contributed by atoms with van der Waals surface area (Å²) in [6.45, 7) is 3.11. The summed E-state index contributed by atoms with van der Waals surface area (Å²) >= 11 is 0. The summed E-state index contributed by atoms with van der Waals surface area (Å²) in [4.78, 5) is 0.359. The molecule has 5 heteroatoms. The summed E-state index contributed by atoms with van der Waals surface area (Å²) in [7, 11) is -0.212. The Morgan fingerprint density at radius 3 is 2.30 bits per heavy atom. The normalized spacial score (nSPS) is 17.4. The van der Waals surface area contributed by atoms with E-state index < -0.39 is 10.0 Å². The Morgan fingerprint density at radius 2 is 1.85 bits per heavy atom. The van der Waals surface area contributed by atoms with Crippen LogP contribution < -0.4 is 5.32 Å². The van der Waals surface area contributed by atoms with Gasteiger partial charge >= 0.3 is 0 Å². The molecule has 1 atom stereocenters. The van der Waals surface area contributed by atoms with E-state index >= 15 is 0 Å². The number of benzene rings is 1. The van der Waals surface area contributed by atoms with Gasteiger partial charge in [0.25, 0.3) is 0 Å². The van der Waals surface area contributed by atoms with Crippen molar-refractivity contribution in [2.45, 2.75) is 37.1 Å². The van der Waals surface area contributed by atoms with Crippen LogP contribution in [0.5, 0.6) is 0 Å². The topological polar surface area (TPSA) is 49.4 Å². The van der Waals surface area contributed by atoms with Gasteiger partial charge in [0.2, 0.25) is 10.0 Å². The highest BCUT2D eigenvalue weighted by molar-refractivity contribution is 7.89. The van der Waals surface area contributed by atoms with Crippen LogP contribution in [-0.4, -0.2) is 39.4 Å². The average molecular weight is 296 g/mol. The van der Waals surface area contributed by atoms with Crippen molar-refractivity contribution >= 4 is 10.0 Å². The highest BCUT2D eigenvalue weighted by Crippen LogP contribution is 2.34. The van der Waals surface area contributed by atoms with Gasteiger partial charge in [-0.3, -0.25) is 0 Å². The monoisotopic (exact) mass is 296 g/mol. The standard InChI is InChI=1S/C15H24N2O2S/c1-4-16-15(13-7-8-13)11-12-5-9-14(10-6-12)20(18,19)17(2)3/h5-6,9-10,13,15-16H,4,7-8,11H2,1-3H3. The van der Waals surface area contributed by atoms with E-state index in [2.05, 4.69) is 12.2 Å². The number of hydrogen-bond donors (Lipinski definition) is 1. The summed E-state index contributed by atoms with van der Waals surface area (Å²) < 4.78 is 25.2. The lowest BCUT2D eigenvalue weighted by atomic mass is 10.0. The van der Waals surface area contributed by atoms with Crippen molar-refractivity contribution in [3.63, 3.8) is 0 Å². The lowest BCUT2D eigenvalue weighted by molar-refractivity contribution is 0.472. The molecule has 4 nitrogen and oxygen atoms in total. The van der Waals surface area contributed by atoms with Crippen LogP contribution in [0, 0.1) is 5.92 Å². The predicted molar refractivity (Wildman–Crippen MR) is 81.2 cm³/mol. The average Bonchev–Trinajstić information content (AvgIpc) is 3.23. The fraction of sp³-hybridized carbons (Fsp3) is 0.600. The van der Waals surface area contributed by atoms with Crippen LogP contribution >= 0.6 is 0 Å². The van der Waals surface area contributed by atoms with Gasteiger partial charge in [-0.15, -0.1) is 0 Å². The minimum absolute atomic E-state index is 0.359. The second-order valence-electron chi connectivity index (χ2n) is 5.64. The molecule has 1 aliphatic rings. The zero-order valence-corrected chi connectivity index (χ0v) is 13.3. The zero-order chi connectivity index (χ0) is 14.8. The van der Waals surface area contributed by atoms with Gasteiger partial charge in [-0.25, -0.2) is 12.7 Å². The highest BCUT2D eigenvalue weighted by Gasteiger charge is 2.30. The third kappa shape index (κ3) is 3.59. The van der Waals surface area contributed by atoms with Crippen molar-refractivity contribution in [3.05, 3.63) is 29.8 Å². The molecule has 0 saturated heterocycles. The van der Waals surface area contributed by atoms with Crippen LogP contribution in [-0.2, 0) is 16.4 Å². The summed E-state index contributed by atoms with van der Waals surface area (Å²) in [6.07, 6.45) is 3.59. The first-order valence-corrected chi connectivity index (χ1v) is 8.64. The number of sulfonamides is 1. The van der Waals surface area contributed by atoms with Crippen LogP contribution in [0.1, 0.15) is 25.3 Å². The third-order valence-corrected chi connectivity index (χ3v) is 5.64. The highest BCUT2D eigenvalue weighted by atomic mass is 32.2. The maximum absolute atomic E-state index is 12.0. The summed E-state index contributed by atoms with van der Waals surface area (Å²) in [5.74, 6) is 0.792. The molecule has 0 spiro atoms. The number of nitrogens with one attached hydrogen (secondary N) is 1. The Kier molecular flexibility index (Phi) is 4.83. The molecule has 1 aromatic rings. The zero-order valence-electron chi connectivity index (χ0n) is 12.5. The van der Waals surface area contributed by atoms with Gasteiger partial charge in [-0.2, -0.15) is 0 Å².